The van der Waals surface area contributed by atoms with Gasteiger partial charge in [-0.2, -0.15) is 0 Å². The van der Waals surface area contributed by atoms with Crippen LogP contribution in [0.3, 0.4) is 0 Å². The number of pyridine rings is 2. The van der Waals surface area contributed by atoms with Gasteiger partial charge in [-0.05, 0) is 18.2 Å². The van der Waals surface area contributed by atoms with Crippen LogP contribution in [-0.2, 0) is 0 Å². The van der Waals surface area contributed by atoms with Gasteiger partial charge in [-0.25, -0.2) is 0 Å². The molecule has 0 bridgehead atoms. The number of hydrogen-bond acceptors (Lipinski definition) is 3. The number of anilines is 1. The predicted molar refractivity (Wildman–Crippen MR) is 60.4 cm³/mol. The Hall–Kier alpha value is -1.64. The number of fused-ring (bicyclic) bond motifs is 1. The fraction of sp³-hybridized carbons (Fsp3) is 0.273. The molecule has 0 aliphatic carbocycles. The topological polar surface area (TPSA) is 37.8 Å². The Morgan fingerprint density at radius 2 is 1.86 bits per heavy atom. The highest BCUT2D eigenvalue weighted by atomic mass is 14.9. The summed E-state index contributed by atoms with van der Waals surface area (Å²) in [6, 6.07) is 5.74. The molecule has 0 fully saturated rings. The molecule has 14 heavy (non-hydrogen) atoms. The van der Waals surface area contributed by atoms with E-state index in [1.807, 2.05) is 39.1 Å². The van der Waals surface area contributed by atoms with Gasteiger partial charge in [0.25, 0.3) is 0 Å². The molecule has 2 rings (SSSR count). The third-order valence-electron chi connectivity index (χ3n) is 1.77. The first kappa shape index (κ1) is 10.4. The third-order valence-corrected chi connectivity index (χ3v) is 1.77. The molecule has 0 aliphatic rings. The van der Waals surface area contributed by atoms with E-state index in [0.717, 1.165) is 16.7 Å². The lowest BCUT2D eigenvalue weighted by Gasteiger charge is -2.02. The molecule has 3 heteroatoms. The van der Waals surface area contributed by atoms with Crippen molar-refractivity contribution in [2.45, 2.75) is 13.8 Å². The van der Waals surface area contributed by atoms with Crippen molar-refractivity contribution in [2.24, 2.45) is 0 Å². The van der Waals surface area contributed by atoms with Crippen molar-refractivity contribution in [1.82, 2.24) is 9.97 Å². The lowest BCUT2D eigenvalue weighted by atomic mass is 10.3. The van der Waals surface area contributed by atoms with Crippen LogP contribution in [0.15, 0.2) is 30.6 Å². The van der Waals surface area contributed by atoms with Crippen molar-refractivity contribution in [3.8, 4) is 0 Å². The Kier molecular flexibility index (Phi) is 3.85. The zero-order valence-electron chi connectivity index (χ0n) is 8.78. The molecule has 0 spiro atoms. The average molecular weight is 189 g/mol. The van der Waals surface area contributed by atoms with Crippen LogP contribution in [0.1, 0.15) is 13.8 Å². The number of nitrogens with zero attached hydrogens (tertiary/aromatic N) is 2. The molecule has 0 amide bonds. The summed E-state index contributed by atoms with van der Waals surface area (Å²) in [4.78, 5) is 8.41. The van der Waals surface area contributed by atoms with Gasteiger partial charge in [-0.1, -0.05) is 13.8 Å². The maximum atomic E-state index is 4.23. The van der Waals surface area contributed by atoms with Crippen molar-refractivity contribution in [3.05, 3.63) is 30.6 Å². The van der Waals surface area contributed by atoms with Crippen molar-refractivity contribution in [3.63, 3.8) is 0 Å². The van der Waals surface area contributed by atoms with Crippen molar-refractivity contribution >= 4 is 16.7 Å². The number of aromatic nitrogens is 2. The number of hydrogen-bond donors (Lipinski definition) is 1. The summed E-state index contributed by atoms with van der Waals surface area (Å²) >= 11 is 0. The van der Waals surface area contributed by atoms with E-state index in [0.29, 0.717) is 0 Å². The van der Waals surface area contributed by atoms with E-state index in [1.165, 1.54) is 0 Å². The van der Waals surface area contributed by atoms with E-state index in [-0.39, 0.29) is 0 Å². The molecule has 0 saturated carbocycles. The molecule has 2 aromatic rings. The van der Waals surface area contributed by atoms with Crippen LogP contribution < -0.4 is 5.32 Å². The Labute approximate surface area is 84.2 Å². The summed E-state index contributed by atoms with van der Waals surface area (Å²) in [5.74, 6) is 0. The monoisotopic (exact) mass is 189 g/mol. The summed E-state index contributed by atoms with van der Waals surface area (Å²) in [6.07, 6.45) is 3.54. The molecule has 0 atom stereocenters. The minimum Gasteiger partial charge on any atom is -0.386 e. The van der Waals surface area contributed by atoms with Crippen LogP contribution in [0.5, 0.6) is 0 Å². The molecule has 74 valence electrons. The average Bonchev–Trinajstić information content (AvgIpc) is 2.31. The fourth-order valence-corrected chi connectivity index (χ4v) is 1.18. The summed E-state index contributed by atoms with van der Waals surface area (Å²) in [5, 5.41) is 3.07. The zero-order valence-corrected chi connectivity index (χ0v) is 8.78. The Morgan fingerprint density at radius 1 is 1.07 bits per heavy atom. The minimum atomic E-state index is 0.919. The first-order chi connectivity index (χ1) is 6.92. The summed E-state index contributed by atoms with van der Waals surface area (Å²) in [7, 11) is 1.88. The molecule has 0 unspecified atom stereocenters. The van der Waals surface area contributed by atoms with Crippen LogP contribution in [0.4, 0.5) is 5.69 Å². The molecule has 2 heterocycles. The maximum Gasteiger partial charge on any atom is 0.112 e. The molecule has 1 N–H and O–H groups in total. The van der Waals surface area contributed by atoms with Gasteiger partial charge in [0.05, 0.1) is 11.2 Å². The van der Waals surface area contributed by atoms with Gasteiger partial charge in [-0.3, -0.25) is 9.97 Å². The highest BCUT2D eigenvalue weighted by Gasteiger charge is 1.98. The van der Waals surface area contributed by atoms with E-state index >= 15 is 0 Å². The molecule has 0 radical (unpaired) electrons. The lowest BCUT2D eigenvalue weighted by Crippen LogP contribution is -1.91. The number of nitrogens with one attached hydrogen (secondary N) is 1. The van der Waals surface area contributed by atoms with E-state index in [1.54, 1.807) is 12.4 Å². The first-order valence-corrected chi connectivity index (χ1v) is 4.79. The van der Waals surface area contributed by atoms with Crippen LogP contribution in [0, 0.1) is 0 Å². The lowest BCUT2D eigenvalue weighted by molar-refractivity contribution is 1.32. The summed E-state index contributed by atoms with van der Waals surface area (Å²) in [6.45, 7) is 4.00. The van der Waals surface area contributed by atoms with Crippen LogP contribution >= 0.6 is 0 Å². The smallest absolute Gasteiger partial charge is 0.112 e. The summed E-state index contributed by atoms with van der Waals surface area (Å²) in [5.41, 5.74) is 2.85. The van der Waals surface area contributed by atoms with E-state index in [4.69, 9.17) is 0 Å². The second-order valence-corrected chi connectivity index (χ2v) is 2.48. The van der Waals surface area contributed by atoms with Gasteiger partial charge in [0.2, 0.25) is 0 Å². The molecular weight excluding hydrogens is 174 g/mol. The van der Waals surface area contributed by atoms with Gasteiger partial charge >= 0.3 is 0 Å². The second kappa shape index (κ2) is 5.17. The molecule has 0 aliphatic heterocycles. The van der Waals surface area contributed by atoms with Gasteiger partial charge in [0, 0.05) is 19.4 Å². The van der Waals surface area contributed by atoms with Gasteiger partial charge in [0.1, 0.15) is 5.52 Å². The first-order valence-electron chi connectivity index (χ1n) is 4.79. The standard InChI is InChI=1S/C9H9N3.C2H6/c1-10-7-4-6-11-8-3-2-5-12-9(7)8;1-2/h2-6H,1H3,(H,10,11);1-2H3. The van der Waals surface area contributed by atoms with Gasteiger partial charge < -0.3 is 5.32 Å². The Bertz CT molecular complexity index is 393. The predicted octanol–water partition coefficient (Wildman–Crippen LogP) is 2.70. The van der Waals surface area contributed by atoms with Crippen molar-refractivity contribution in [2.75, 3.05) is 12.4 Å². The quantitative estimate of drug-likeness (QED) is 0.749. The highest BCUT2D eigenvalue weighted by Crippen LogP contribution is 2.16. The van der Waals surface area contributed by atoms with Gasteiger partial charge in [0.15, 0.2) is 0 Å². The Morgan fingerprint density at radius 3 is 2.57 bits per heavy atom. The molecule has 0 saturated heterocycles. The van der Waals surface area contributed by atoms with Crippen LogP contribution in [0.2, 0.25) is 0 Å². The fourth-order valence-electron chi connectivity index (χ4n) is 1.18. The Balaban J connectivity index is 0.000000461. The zero-order chi connectivity index (χ0) is 10.4. The summed E-state index contributed by atoms with van der Waals surface area (Å²) < 4.78 is 0. The molecular formula is C11H15N3. The molecule has 2 aromatic heterocycles. The molecule has 3 nitrogen and oxygen atoms in total. The maximum absolute atomic E-state index is 4.23. The normalized spacial score (nSPS) is 9.07. The molecule has 0 aromatic carbocycles. The van der Waals surface area contributed by atoms with Crippen molar-refractivity contribution < 1.29 is 0 Å². The SMILES string of the molecule is CC.CNc1ccnc2cccnc12. The van der Waals surface area contributed by atoms with E-state index in [9.17, 15) is 0 Å². The largest absolute Gasteiger partial charge is 0.386 e. The van der Waals surface area contributed by atoms with Crippen molar-refractivity contribution in [1.29, 1.82) is 0 Å². The third kappa shape index (κ3) is 1.99. The second-order valence-electron chi connectivity index (χ2n) is 2.48. The van der Waals surface area contributed by atoms with E-state index < -0.39 is 0 Å². The van der Waals surface area contributed by atoms with Crippen LogP contribution in [0.25, 0.3) is 11.0 Å². The van der Waals surface area contributed by atoms with Crippen LogP contribution in [-0.4, -0.2) is 17.0 Å². The van der Waals surface area contributed by atoms with E-state index in [2.05, 4.69) is 15.3 Å². The number of rotatable bonds is 1. The minimum absolute atomic E-state index is 0.919. The van der Waals surface area contributed by atoms with Gasteiger partial charge in [-0.15, -0.1) is 0 Å². The highest BCUT2D eigenvalue weighted by molar-refractivity contribution is 5.86.